The summed E-state index contributed by atoms with van der Waals surface area (Å²) in [6.45, 7) is 0. The van der Waals surface area contributed by atoms with Gasteiger partial charge in [-0.2, -0.15) is 0 Å². The average molecular weight is 404 g/mol. The van der Waals surface area contributed by atoms with Crippen LogP contribution < -0.4 is 0 Å². The van der Waals surface area contributed by atoms with Crippen molar-refractivity contribution >= 4 is 11.3 Å². The molecule has 1 aromatic heterocycles. The zero-order valence-corrected chi connectivity index (χ0v) is 16.7. The summed E-state index contributed by atoms with van der Waals surface area (Å²) in [5.41, 5.74) is 6.65. The fourth-order valence-corrected chi connectivity index (χ4v) is 3.79. The lowest BCUT2D eigenvalue weighted by molar-refractivity contribution is 0.474. The molecule has 0 saturated heterocycles. The molecule has 5 rings (SSSR count). The topological polar surface area (TPSA) is 68.6 Å². The Bertz CT molecular complexity index is 1340. The third-order valence-corrected chi connectivity index (χ3v) is 5.29. The number of benzene rings is 3. The molecule has 0 bridgehead atoms. The van der Waals surface area contributed by atoms with Crippen molar-refractivity contribution in [2.24, 2.45) is 4.99 Å². The van der Waals surface area contributed by atoms with Gasteiger partial charge < -0.3 is 15.2 Å². The highest BCUT2D eigenvalue weighted by Crippen LogP contribution is 2.34. The zero-order chi connectivity index (χ0) is 21.2. The number of hydrogen-bond donors (Lipinski definition) is 3. The standard InChI is InChI=1S/C27H20N2O2/c30-25-12-6-4-10-19(25)21-14-16-23(28-21)27(18-8-2-1-3-9-18)24-17-15-22(29-24)20-11-5-7-13-26(20)31/h1-17,28,30-31H. The number of phenolic OH excluding ortho intramolecular Hbond substituents is 2. The lowest BCUT2D eigenvalue weighted by atomic mass is 10.0. The number of aliphatic imine (C=N–C) groups is 1. The molecule has 0 fully saturated rings. The largest absolute Gasteiger partial charge is 0.507 e. The van der Waals surface area contributed by atoms with Crippen LogP contribution in [0.25, 0.3) is 16.8 Å². The predicted molar refractivity (Wildman–Crippen MR) is 124 cm³/mol. The van der Waals surface area contributed by atoms with Gasteiger partial charge in [-0.1, -0.05) is 54.6 Å². The van der Waals surface area contributed by atoms with Gasteiger partial charge in [-0.25, -0.2) is 4.99 Å². The molecule has 150 valence electrons. The quantitative estimate of drug-likeness (QED) is 0.396. The smallest absolute Gasteiger partial charge is 0.124 e. The molecule has 4 heteroatoms. The van der Waals surface area contributed by atoms with Gasteiger partial charge in [0.1, 0.15) is 11.5 Å². The number of allylic oxidation sites excluding steroid dienone is 2. The van der Waals surface area contributed by atoms with Crippen LogP contribution in [0, 0.1) is 0 Å². The van der Waals surface area contributed by atoms with Gasteiger partial charge in [0.15, 0.2) is 0 Å². The number of aromatic amines is 1. The molecule has 2 heterocycles. The molecule has 0 radical (unpaired) electrons. The third kappa shape index (κ3) is 3.55. The van der Waals surface area contributed by atoms with Crippen molar-refractivity contribution in [1.82, 2.24) is 4.98 Å². The maximum absolute atomic E-state index is 10.2. The van der Waals surface area contributed by atoms with Crippen molar-refractivity contribution in [2.45, 2.75) is 0 Å². The highest BCUT2D eigenvalue weighted by Gasteiger charge is 2.18. The molecule has 0 atom stereocenters. The Labute approximate surface area is 180 Å². The Morgan fingerprint density at radius 3 is 2.00 bits per heavy atom. The first-order chi connectivity index (χ1) is 15.2. The first kappa shape index (κ1) is 18.7. The van der Waals surface area contributed by atoms with Crippen molar-refractivity contribution in [3.05, 3.63) is 126 Å². The first-order valence-electron chi connectivity index (χ1n) is 10.0. The van der Waals surface area contributed by atoms with E-state index in [0.29, 0.717) is 11.3 Å². The number of para-hydroxylation sites is 2. The molecule has 3 N–H and O–H groups in total. The van der Waals surface area contributed by atoms with Gasteiger partial charge in [-0.15, -0.1) is 0 Å². The molecule has 31 heavy (non-hydrogen) atoms. The summed E-state index contributed by atoms with van der Waals surface area (Å²) in [4.78, 5) is 8.27. The molecule has 4 nitrogen and oxygen atoms in total. The number of aromatic hydroxyl groups is 2. The summed E-state index contributed by atoms with van der Waals surface area (Å²) in [6, 6.07) is 28.5. The van der Waals surface area contributed by atoms with E-state index < -0.39 is 0 Å². The van der Waals surface area contributed by atoms with Crippen molar-refractivity contribution in [2.75, 3.05) is 0 Å². The minimum atomic E-state index is 0.204. The minimum Gasteiger partial charge on any atom is -0.507 e. The third-order valence-electron chi connectivity index (χ3n) is 5.29. The number of nitrogens with zero attached hydrogens (tertiary/aromatic N) is 1. The summed E-state index contributed by atoms with van der Waals surface area (Å²) in [6.07, 6.45) is 3.88. The normalized spacial score (nSPS) is 14.5. The van der Waals surface area contributed by atoms with Gasteiger partial charge in [-0.05, 0) is 54.1 Å². The number of H-pyrrole nitrogens is 1. The van der Waals surface area contributed by atoms with Crippen LogP contribution in [0.15, 0.2) is 114 Å². The zero-order valence-electron chi connectivity index (χ0n) is 16.7. The van der Waals surface area contributed by atoms with Crippen LogP contribution in [0.2, 0.25) is 0 Å². The average Bonchev–Trinajstić information content (AvgIpc) is 3.46. The van der Waals surface area contributed by atoms with Crippen LogP contribution in [0.5, 0.6) is 11.5 Å². The van der Waals surface area contributed by atoms with E-state index in [1.54, 1.807) is 24.3 Å². The molecular formula is C27H20N2O2. The Morgan fingerprint density at radius 1 is 0.645 bits per heavy atom. The highest BCUT2D eigenvalue weighted by atomic mass is 16.3. The Hall–Kier alpha value is -4.31. The summed E-state index contributed by atoms with van der Waals surface area (Å²) < 4.78 is 0. The summed E-state index contributed by atoms with van der Waals surface area (Å²) in [7, 11) is 0. The predicted octanol–water partition coefficient (Wildman–Crippen LogP) is 5.91. The van der Waals surface area contributed by atoms with Gasteiger partial charge in [-0.3, -0.25) is 0 Å². The maximum Gasteiger partial charge on any atom is 0.124 e. The van der Waals surface area contributed by atoms with Gasteiger partial charge in [0.05, 0.1) is 11.4 Å². The molecule has 0 spiro atoms. The van der Waals surface area contributed by atoms with Crippen molar-refractivity contribution in [3.63, 3.8) is 0 Å². The Kier molecular flexibility index (Phi) is 4.73. The molecule has 1 aliphatic heterocycles. The van der Waals surface area contributed by atoms with E-state index in [9.17, 15) is 10.2 Å². The van der Waals surface area contributed by atoms with Crippen LogP contribution in [0.1, 0.15) is 16.8 Å². The van der Waals surface area contributed by atoms with Crippen LogP contribution in [-0.4, -0.2) is 20.9 Å². The highest BCUT2D eigenvalue weighted by molar-refractivity contribution is 6.13. The van der Waals surface area contributed by atoms with E-state index in [-0.39, 0.29) is 11.5 Å². The van der Waals surface area contributed by atoms with Gasteiger partial charge in [0.25, 0.3) is 0 Å². The lowest BCUT2D eigenvalue weighted by Crippen LogP contribution is -1.95. The Balaban J connectivity index is 1.65. The molecule has 4 aromatic rings. The fraction of sp³-hybridized carbons (Fsp3) is 0. The monoisotopic (exact) mass is 404 g/mol. The molecule has 0 aliphatic carbocycles. The molecule has 1 aliphatic rings. The molecular weight excluding hydrogens is 384 g/mol. The van der Waals surface area contributed by atoms with Crippen LogP contribution in [-0.2, 0) is 0 Å². The second-order valence-corrected chi connectivity index (χ2v) is 7.28. The summed E-state index contributed by atoms with van der Waals surface area (Å²) >= 11 is 0. The van der Waals surface area contributed by atoms with Gasteiger partial charge in [0, 0.05) is 28.1 Å². The van der Waals surface area contributed by atoms with Gasteiger partial charge >= 0.3 is 0 Å². The van der Waals surface area contributed by atoms with E-state index in [1.165, 1.54) is 0 Å². The van der Waals surface area contributed by atoms with Crippen LogP contribution in [0.4, 0.5) is 0 Å². The van der Waals surface area contributed by atoms with E-state index in [2.05, 4.69) is 4.98 Å². The SMILES string of the molecule is Oc1ccccc1C1=NC(=C(c2ccccc2)c2ccc(-c3ccccc3O)[nH]2)C=C1. The van der Waals surface area contributed by atoms with Crippen molar-refractivity contribution in [3.8, 4) is 22.8 Å². The maximum atomic E-state index is 10.2. The lowest BCUT2D eigenvalue weighted by Gasteiger charge is -2.09. The Morgan fingerprint density at radius 2 is 1.29 bits per heavy atom. The van der Waals surface area contributed by atoms with E-state index in [4.69, 9.17) is 4.99 Å². The van der Waals surface area contributed by atoms with E-state index in [1.807, 2.05) is 78.9 Å². The summed E-state index contributed by atoms with van der Waals surface area (Å²) in [5.74, 6) is 0.431. The van der Waals surface area contributed by atoms with Crippen LogP contribution >= 0.6 is 0 Å². The number of aromatic nitrogens is 1. The van der Waals surface area contributed by atoms with Crippen molar-refractivity contribution < 1.29 is 10.2 Å². The second kappa shape index (κ2) is 7.84. The van der Waals surface area contributed by atoms with Gasteiger partial charge in [0.2, 0.25) is 0 Å². The molecule has 0 saturated carbocycles. The van der Waals surface area contributed by atoms with Crippen molar-refractivity contribution in [1.29, 1.82) is 0 Å². The fourth-order valence-electron chi connectivity index (χ4n) is 3.79. The van der Waals surface area contributed by atoms with E-state index in [0.717, 1.165) is 33.8 Å². The molecule has 0 amide bonds. The minimum absolute atomic E-state index is 0.204. The number of rotatable bonds is 4. The number of phenols is 2. The molecule has 3 aromatic carbocycles. The first-order valence-corrected chi connectivity index (χ1v) is 10.0. The van der Waals surface area contributed by atoms with Crippen LogP contribution in [0.3, 0.4) is 0 Å². The second-order valence-electron chi connectivity index (χ2n) is 7.28. The number of nitrogens with one attached hydrogen (secondary N) is 1. The summed E-state index contributed by atoms with van der Waals surface area (Å²) in [5, 5.41) is 20.5. The molecule has 0 unspecified atom stereocenters. The van der Waals surface area contributed by atoms with E-state index >= 15 is 0 Å². The number of hydrogen-bond acceptors (Lipinski definition) is 3.